The molecular weight excluding hydrogens is 400 g/mol. The van der Waals surface area contributed by atoms with Gasteiger partial charge in [0.1, 0.15) is 21.2 Å². The normalized spacial score (nSPS) is 12.7. The number of rotatable bonds is 4. The Labute approximate surface area is 175 Å². The second-order valence-electron chi connectivity index (χ2n) is 6.81. The van der Waals surface area contributed by atoms with E-state index in [2.05, 4.69) is 10.3 Å². The minimum atomic E-state index is -0.595. The molecule has 7 nitrogen and oxygen atoms in total. The molecule has 5 rings (SSSR count). The predicted octanol–water partition coefficient (Wildman–Crippen LogP) is 5.18. The summed E-state index contributed by atoms with van der Waals surface area (Å²) in [5.74, 6) is 0.712. The van der Waals surface area contributed by atoms with Gasteiger partial charge in [-0.15, -0.1) is 11.3 Å². The van der Waals surface area contributed by atoms with Gasteiger partial charge in [0.05, 0.1) is 22.4 Å². The number of primary amides is 1. The molecular formula is C22H16N4O3S. The van der Waals surface area contributed by atoms with Crippen LogP contribution in [0.3, 0.4) is 0 Å². The molecule has 0 atom stereocenters. The maximum absolute atomic E-state index is 13.1. The van der Waals surface area contributed by atoms with E-state index in [0.717, 1.165) is 5.56 Å². The van der Waals surface area contributed by atoms with Crippen molar-refractivity contribution >= 4 is 50.6 Å². The van der Waals surface area contributed by atoms with Crippen LogP contribution in [-0.4, -0.2) is 16.9 Å². The Morgan fingerprint density at radius 3 is 2.67 bits per heavy atom. The van der Waals surface area contributed by atoms with Crippen LogP contribution in [0.1, 0.15) is 15.2 Å². The molecule has 0 radical (unpaired) electrons. The Balaban J connectivity index is 1.65. The van der Waals surface area contributed by atoms with Crippen LogP contribution >= 0.6 is 11.3 Å². The highest BCUT2D eigenvalue weighted by atomic mass is 32.1. The van der Waals surface area contributed by atoms with Gasteiger partial charge in [-0.05, 0) is 36.8 Å². The van der Waals surface area contributed by atoms with Gasteiger partial charge in [0.2, 0.25) is 0 Å². The molecule has 0 fully saturated rings. The number of thiophene rings is 1. The molecule has 0 aliphatic carbocycles. The molecule has 30 heavy (non-hydrogen) atoms. The highest BCUT2D eigenvalue weighted by Gasteiger charge is 2.32. The second-order valence-corrected chi connectivity index (χ2v) is 7.81. The zero-order valence-electron chi connectivity index (χ0n) is 15.9. The van der Waals surface area contributed by atoms with Gasteiger partial charge >= 0.3 is 6.03 Å². The lowest BCUT2D eigenvalue weighted by Gasteiger charge is -2.29. The van der Waals surface area contributed by atoms with E-state index in [1.54, 1.807) is 17.2 Å². The fourth-order valence-electron chi connectivity index (χ4n) is 3.52. The number of para-hydroxylation sites is 1. The number of nitrogens with one attached hydrogen (secondary N) is 1. The first-order valence-electron chi connectivity index (χ1n) is 9.19. The highest BCUT2D eigenvalue weighted by Crippen LogP contribution is 2.46. The molecule has 2 aromatic heterocycles. The third kappa shape index (κ3) is 2.85. The summed E-state index contributed by atoms with van der Waals surface area (Å²) in [6, 6.07) is 16.4. The van der Waals surface area contributed by atoms with Crippen LogP contribution in [0.5, 0.6) is 11.5 Å². The fourth-order valence-corrected chi connectivity index (χ4v) is 4.49. The number of carbonyl (C=O) groups is 2. The molecule has 0 saturated carbocycles. The lowest BCUT2D eigenvalue weighted by Crippen LogP contribution is -2.34. The van der Waals surface area contributed by atoms with Crippen molar-refractivity contribution in [2.45, 2.75) is 6.92 Å². The topological polar surface area (TPSA) is 97.5 Å². The Morgan fingerprint density at radius 1 is 1.10 bits per heavy atom. The van der Waals surface area contributed by atoms with E-state index >= 15 is 0 Å². The number of pyridine rings is 1. The zero-order chi connectivity index (χ0) is 20.8. The average molecular weight is 416 g/mol. The van der Waals surface area contributed by atoms with E-state index in [1.165, 1.54) is 11.3 Å². The number of nitrogens with two attached hydrogens (primary N) is 1. The number of anilines is 3. The summed E-state index contributed by atoms with van der Waals surface area (Å²) in [6.07, 6.45) is 1.62. The highest BCUT2D eigenvalue weighted by molar-refractivity contribution is 7.21. The van der Waals surface area contributed by atoms with Crippen molar-refractivity contribution in [1.82, 2.24) is 4.98 Å². The van der Waals surface area contributed by atoms with Gasteiger partial charge in [-0.1, -0.05) is 24.3 Å². The van der Waals surface area contributed by atoms with Gasteiger partial charge in [0.15, 0.2) is 0 Å². The molecule has 3 N–H and O–H groups in total. The Morgan fingerprint density at radius 2 is 1.90 bits per heavy atom. The van der Waals surface area contributed by atoms with Crippen molar-refractivity contribution in [3.63, 3.8) is 0 Å². The molecule has 148 valence electrons. The molecule has 3 heterocycles. The first kappa shape index (κ1) is 18.1. The summed E-state index contributed by atoms with van der Waals surface area (Å²) >= 11 is 1.17. The number of urea groups is 1. The first-order valence-corrected chi connectivity index (χ1v) is 10.0. The summed E-state index contributed by atoms with van der Waals surface area (Å²) in [6.45, 7) is 1.92. The molecule has 0 unspecified atom stereocenters. The summed E-state index contributed by atoms with van der Waals surface area (Å²) in [5, 5.41) is 3.51. The van der Waals surface area contributed by atoms with E-state index in [9.17, 15) is 9.59 Å². The van der Waals surface area contributed by atoms with Gasteiger partial charge in [-0.2, -0.15) is 0 Å². The smallest absolute Gasteiger partial charge is 0.331 e. The molecule has 3 amide bonds. The van der Waals surface area contributed by atoms with Crippen molar-refractivity contribution in [2.24, 2.45) is 5.73 Å². The van der Waals surface area contributed by atoms with E-state index < -0.39 is 5.91 Å². The number of hydrogen-bond acceptors (Lipinski definition) is 5. The molecule has 4 aromatic rings. The number of amides is 3. The summed E-state index contributed by atoms with van der Waals surface area (Å²) in [4.78, 5) is 31.8. The summed E-state index contributed by atoms with van der Waals surface area (Å²) in [5.41, 5.74) is 8.12. The summed E-state index contributed by atoms with van der Waals surface area (Å²) < 4.78 is 5.95. The minimum absolute atomic E-state index is 0.288. The molecule has 1 aliphatic rings. The van der Waals surface area contributed by atoms with Gasteiger partial charge in [-0.25, -0.2) is 9.78 Å². The van der Waals surface area contributed by atoms with Gasteiger partial charge < -0.3 is 15.8 Å². The Kier molecular flexibility index (Phi) is 4.14. The molecule has 0 saturated heterocycles. The van der Waals surface area contributed by atoms with Crippen LogP contribution in [-0.2, 0) is 0 Å². The molecule has 8 heteroatoms. The maximum Gasteiger partial charge on any atom is 0.331 e. The van der Waals surface area contributed by atoms with Crippen molar-refractivity contribution in [1.29, 1.82) is 0 Å². The van der Waals surface area contributed by atoms with E-state index in [0.29, 0.717) is 38.8 Å². The van der Waals surface area contributed by atoms with Crippen molar-refractivity contribution in [3.8, 4) is 11.5 Å². The molecule has 0 spiro atoms. The van der Waals surface area contributed by atoms with E-state index in [1.807, 2.05) is 55.5 Å². The Bertz CT molecular complexity index is 1320. The predicted molar refractivity (Wildman–Crippen MR) is 117 cm³/mol. The lowest BCUT2D eigenvalue weighted by atomic mass is 10.1. The third-order valence-corrected chi connectivity index (χ3v) is 5.98. The van der Waals surface area contributed by atoms with E-state index in [4.69, 9.17) is 10.5 Å². The zero-order valence-corrected chi connectivity index (χ0v) is 16.7. The van der Waals surface area contributed by atoms with Gasteiger partial charge in [0.25, 0.3) is 5.91 Å². The van der Waals surface area contributed by atoms with Gasteiger partial charge in [0, 0.05) is 12.3 Å². The fraction of sp³-hybridized carbons (Fsp3) is 0.0455. The molecule has 1 aliphatic heterocycles. The van der Waals surface area contributed by atoms with Crippen LogP contribution in [0.15, 0.2) is 60.8 Å². The lowest BCUT2D eigenvalue weighted by molar-refractivity contribution is 0.100. The first-order chi connectivity index (χ1) is 14.5. The molecule has 2 aromatic carbocycles. The standard InChI is InChI=1S/C22H16N4O3S/c1-12-7-8-14(29-13-5-3-2-4-6-13)11-16(12)26-15-9-10-24-21-17(15)18(25-22(26)28)19(30-21)20(23)27/h2-11H,1H3,(H2,23,27)(H,25,28). The maximum atomic E-state index is 13.1. The quantitative estimate of drug-likeness (QED) is 0.479. The number of benzene rings is 2. The number of ether oxygens (including phenoxy) is 1. The summed E-state index contributed by atoms with van der Waals surface area (Å²) in [7, 11) is 0. The number of hydrogen-bond donors (Lipinski definition) is 2. The SMILES string of the molecule is Cc1ccc(Oc2ccccc2)cc1N1C(=O)Nc2c(C(N)=O)sc3nccc1c23. The average Bonchev–Trinajstić information content (AvgIpc) is 3.11. The Hall–Kier alpha value is -3.91. The van der Waals surface area contributed by atoms with Crippen LogP contribution in [0.25, 0.3) is 10.2 Å². The third-order valence-electron chi connectivity index (χ3n) is 4.87. The van der Waals surface area contributed by atoms with Crippen LogP contribution in [0, 0.1) is 6.92 Å². The largest absolute Gasteiger partial charge is 0.457 e. The molecule has 0 bridgehead atoms. The van der Waals surface area contributed by atoms with Crippen LogP contribution in [0.2, 0.25) is 0 Å². The number of aryl methyl sites for hydroxylation is 1. The van der Waals surface area contributed by atoms with Crippen molar-refractivity contribution in [3.05, 3.63) is 71.2 Å². The van der Waals surface area contributed by atoms with Gasteiger partial charge in [-0.3, -0.25) is 9.69 Å². The monoisotopic (exact) mass is 416 g/mol. The number of carbonyl (C=O) groups excluding carboxylic acids is 2. The van der Waals surface area contributed by atoms with Crippen LogP contribution in [0.4, 0.5) is 21.9 Å². The van der Waals surface area contributed by atoms with Crippen molar-refractivity contribution in [2.75, 3.05) is 10.2 Å². The number of nitrogens with zero attached hydrogens (tertiary/aromatic N) is 2. The van der Waals surface area contributed by atoms with E-state index in [-0.39, 0.29) is 10.9 Å². The minimum Gasteiger partial charge on any atom is -0.457 e. The van der Waals surface area contributed by atoms with Crippen molar-refractivity contribution < 1.29 is 14.3 Å². The second kappa shape index (κ2) is 6.85. The van der Waals surface area contributed by atoms with Crippen LogP contribution < -0.4 is 20.7 Å². The number of aromatic nitrogens is 1.